The molecule has 100 valence electrons. The molecule has 1 aliphatic carbocycles. The molecule has 0 bridgehead atoms. The molecule has 0 heterocycles. The largest absolute Gasteiger partial charge is 0.497 e. The van der Waals surface area contributed by atoms with Crippen molar-refractivity contribution in [3.63, 3.8) is 0 Å². The Labute approximate surface area is 109 Å². The first kappa shape index (κ1) is 13.4. The van der Waals surface area contributed by atoms with E-state index in [9.17, 15) is 5.11 Å². The van der Waals surface area contributed by atoms with Gasteiger partial charge in [-0.3, -0.25) is 0 Å². The van der Waals surface area contributed by atoms with Crippen molar-refractivity contribution in [2.45, 2.75) is 32.7 Å². The molecule has 1 aromatic rings. The lowest BCUT2D eigenvalue weighted by Gasteiger charge is -2.25. The van der Waals surface area contributed by atoms with Crippen LogP contribution in [-0.4, -0.2) is 25.4 Å². The molecule has 0 saturated carbocycles. The zero-order chi connectivity index (χ0) is 13.2. The molecule has 0 aliphatic heterocycles. The van der Waals surface area contributed by atoms with E-state index in [1.54, 1.807) is 7.11 Å². The maximum absolute atomic E-state index is 9.29. The molecule has 1 aliphatic rings. The van der Waals surface area contributed by atoms with Crippen LogP contribution in [0.15, 0.2) is 18.2 Å². The number of hydrogen-bond acceptors (Lipinski definition) is 3. The summed E-state index contributed by atoms with van der Waals surface area (Å²) in [4.78, 5) is 0. The molecule has 3 heteroatoms. The molecule has 1 unspecified atom stereocenters. The van der Waals surface area contributed by atoms with E-state index < -0.39 is 0 Å². The number of methoxy groups -OCH3 is 1. The monoisotopic (exact) mass is 249 g/mol. The van der Waals surface area contributed by atoms with Crippen molar-refractivity contribution in [2.75, 3.05) is 20.3 Å². The maximum atomic E-state index is 9.29. The summed E-state index contributed by atoms with van der Waals surface area (Å²) in [5, 5.41) is 12.9. The number of nitrogens with one attached hydrogen (secondary N) is 1. The van der Waals surface area contributed by atoms with Crippen LogP contribution in [0, 0.1) is 5.41 Å². The van der Waals surface area contributed by atoms with Crippen molar-refractivity contribution in [1.82, 2.24) is 5.32 Å². The predicted molar refractivity (Wildman–Crippen MR) is 72.9 cm³/mol. The summed E-state index contributed by atoms with van der Waals surface area (Å²) in [5.41, 5.74) is 2.69. The lowest BCUT2D eigenvalue weighted by Crippen LogP contribution is -2.34. The molecule has 0 spiro atoms. The van der Waals surface area contributed by atoms with E-state index in [-0.39, 0.29) is 12.0 Å². The Morgan fingerprint density at radius 3 is 2.89 bits per heavy atom. The Hall–Kier alpha value is -1.06. The number of aryl methyl sites for hydroxylation is 1. The highest BCUT2D eigenvalue weighted by Crippen LogP contribution is 2.34. The summed E-state index contributed by atoms with van der Waals surface area (Å²) in [6, 6.07) is 6.71. The van der Waals surface area contributed by atoms with Gasteiger partial charge in [-0.05, 0) is 36.1 Å². The predicted octanol–water partition coefficient (Wildman–Crippen LogP) is 2.29. The van der Waals surface area contributed by atoms with Crippen LogP contribution in [-0.2, 0) is 6.42 Å². The molecular weight excluding hydrogens is 226 g/mol. The van der Waals surface area contributed by atoms with Gasteiger partial charge >= 0.3 is 0 Å². The van der Waals surface area contributed by atoms with Gasteiger partial charge in [0.15, 0.2) is 0 Å². The van der Waals surface area contributed by atoms with Gasteiger partial charge < -0.3 is 15.2 Å². The van der Waals surface area contributed by atoms with Crippen LogP contribution >= 0.6 is 0 Å². The van der Waals surface area contributed by atoms with E-state index in [1.807, 2.05) is 6.07 Å². The van der Waals surface area contributed by atoms with E-state index in [1.165, 1.54) is 11.1 Å². The van der Waals surface area contributed by atoms with Gasteiger partial charge in [0.05, 0.1) is 7.11 Å². The Balaban J connectivity index is 2.06. The number of ether oxygens (including phenoxy) is 1. The van der Waals surface area contributed by atoms with Crippen molar-refractivity contribution in [2.24, 2.45) is 5.41 Å². The van der Waals surface area contributed by atoms with Crippen LogP contribution in [0.4, 0.5) is 0 Å². The smallest absolute Gasteiger partial charge is 0.119 e. The fraction of sp³-hybridized carbons (Fsp3) is 0.600. The Bertz CT molecular complexity index is 415. The minimum Gasteiger partial charge on any atom is -0.497 e. The number of benzene rings is 1. The molecule has 0 fully saturated rings. The number of aliphatic hydroxyl groups is 1. The molecule has 18 heavy (non-hydrogen) atoms. The summed E-state index contributed by atoms with van der Waals surface area (Å²) in [6.45, 7) is 5.17. The highest BCUT2D eigenvalue weighted by Gasteiger charge is 2.25. The Morgan fingerprint density at radius 1 is 1.44 bits per heavy atom. The summed E-state index contributed by atoms with van der Waals surface area (Å²) in [5.74, 6) is 0.920. The molecular formula is C15H23NO2. The second-order valence-corrected chi connectivity index (χ2v) is 5.86. The van der Waals surface area contributed by atoms with Gasteiger partial charge in [-0.2, -0.15) is 0 Å². The molecule has 0 saturated heterocycles. The lowest BCUT2D eigenvalue weighted by molar-refractivity contribution is 0.153. The van der Waals surface area contributed by atoms with Gasteiger partial charge in [0, 0.05) is 24.6 Å². The number of hydrogen-bond donors (Lipinski definition) is 2. The van der Waals surface area contributed by atoms with Crippen LogP contribution in [0.1, 0.15) is 37.4 Å². The van der Waals surface area contributed by atoms with Crippen LogP contribution in [0.2, 0.25) is 0 Å². The molecule has 1 aromatic carbocycles. The number of fused-ring (bicyclic) bond motifs is 1. The van der Waals surface area contributed by atoms with Gasteiger partial charge in [0.1, 0.15) is 5.75 Å². The minimum absolute atomic E-state index is 0.0678. The highest BCUT2D eigenvalue weighted by molar-refractivity contribution is 5.40. The van der Waals surface area contributed by atoms with Crippen molar-refractivity contribution in [3.8, 4) is 5.75 Å². The van der Waals surface area contributed by atoms with Crippen molar-refractivity contribution in [3.05, 3.63) is 29.3 Å². The standard InChI is InChI=1S/C15H23NO2/c1-15(2,10-17)9-16-14-7-5-11-4-6-12(18-3)8-13(11)14/h4,6,8,14,16-17H,5,7,9-10H2,1-3H3. The van der Waals surface area contributed by atoms with Gasteiger partial charge in [0.25, 0.3) is 0 Å². The first-order valence-electron chi connectivity index (χ1n) is 6.57. The summed E-state index contributed by atoms with van der Waals surface area (Å²) < 4.78 is 5.29. The number of rotatable bonds is 5. The Morgan fingerprint density at radius 2 is 2.22 bits per heavy atom. The molecule has 1 atom stereocenters. The van der Waals surface area contributed by atoms with Gasteiger partial charge in [-0.1, -0.05) is 19.9 Å². The van der Waals surface area contributed by atoms with Crippen molar-refractivity contribution >= 4 is 0 Å². The second-order valence-electron chi connectivity index (χ2n) is 5.86. The molecule has 0 aromatic heterocycles. The third-order valence-electron chi connectivity index (χ3n) is 3.69. The van der Waals surface area contributed by atoms with Gasteiger partial charge in [-0.15, -0.1) is 0 Å². The third-order valence-corrected chi connectivity index (χ3v) is 3.69. The molecule has 0 amide bonds. The topological polar surface area (TPSA) is 41.5 Å². The zero-order valence-electron chi connectivity index (χ0n) is 11.5. The molecule has 3 nitrogen and oxygen atoms in total. The third kappa shape index (κ3) is 2.85. The first-order chi connectivity index (χ1) is 8.55. The van der Waals surface area contributed by atoms with E-state index in [2.05, 4.69) is 31.3 Å². The van der Waals surface area contributed by atoms with E-state index in [0.29, 0.717) is 6.04 Å². The first-order valence-corrected chi connectivity index (χ1v) is 6.57. The lowest BCUT2D eigenvalue weighted by atomic mass is 9.94. The van der Waals surface area contributed by atoms with E-state index in [0.717, 1.165) is 25.1 Å². The normalized spacial score (nSPS) is 18.8. The van der Waals surface area contributed by atoms with Crippen LogP contribution in [0.5, 0.6) is 5.75 Å². The molecule has 0 radical (unpaired) electrons. The fourth-order valence-electron chi connectivity index (χ4n) is 2.37. The maximum Gasteiger partial charge on any atom is 0.119 e. The average Bonchev–Trinajstić information content (AvgIpc) is 2.78. The van der Waals surface area contributed by atoms with Gasteiger partial charge in [-0.25, -0.2) is 0 Å². The minimum atomic E-state index is -0.0678. The van der Waals surface area contributed by atoms with Crippen LogP contribution in [0.25, 0.3) is 0 Å². The van der Waals surface area contributed by atoms with Crippen molar-refractivity contribution < 1.29 is 9.84 Å². The summed E-state index contributed by atoms with van der Waals surface area (Å²) >= 11 is 0. The van der Waals surface area contributed by atoms with E-state index >= 15 is 0 Å². The quantitative estimate of drug-likeness (QED) is 0.841. The Kier molecular flexibility index (Phi) is 3.93. The van der Waals surface area contributed by atoms with Gasteiger partial charge in [0.2, 0.25) is 0 Å². The van der Waals surface area contributed by atoms with E-state index in [4.69, 9.17) is 4.74 Å². The SMILES string of the molecule is COc1ccc2c(c1)C(NCC(C)(C)CO)CC2. The zero-order valence-corrected chi connectivity index (χ0v) is 11.5. The van der Waals surface area contributed by atoms with Crippen molar-refractivity contribution in [1.29, 1.82) is 0 Å². The molecule has 2 rings (SSSR count). The summed E-state index contributed by atoms with van der Waals surface area (Å²) in [7, 11) is 1.70. The number of aliphatic hydroxyl groups excluding tert-OH is 1. The second kappa shape index (κ2) is 5.29. The van der Waals surface area contributed by atoms with Crippen LogP contribution in [0.3, 0.4) is 0 Å². The highest BCUT2D eigenvalue weighted by atomic mass is 16.5. The summed E-state index contributed by atoms with van der Waals surface area (Å²) in [6.07, 6.45) is 2.25. The average molecular weight is 249 g/mol. The van der Waals surface area contributed by atoms with Crippen LogP contribution < -0.4 is 10.1 Å². The molecule has 2 N–H and O–H groups in total. The fourth-order valence-corrected chi connectivity index (χ4v) is 2.37.